The van der Waals surface area contributed by atoms with Crippen molar-refractivity contribution in [2.75, 3.05) is 0 Å². The molecule has 132 valence electrons. The van der Waals surface area contributed by atoms with Gasteiger partial charge in [0, 0.05) is 6.42 Å². The fraction of sp³-hybridized carbons (Fsp3) is 0.714. The maximum absolute atomic E-state index is 12.2. The summed E-state index contributed by atoms with van der Waals surface area (Å²) in [6.45, 7) is 5.09. The number of rotatable bonds is 10. The molecule has 0 aromatic heterocycles. The summed E-state index contributed by atoms with van der Waals surface area (Å²) in [6.07, 6.45) is 0.0811. The van der Waals surface area contributed by atoms with Crippen LogP contribution < -0.4 is 22.1 Å². The first-order chi connectivity index (χ1) is 10.5. The summed E-state index contributed by atoms with van der Waals surface area (Å²) in [5, 5.41) is 13.9. The van der Waals surface area contributed by atoms with Crippen LogP contribution in [0.2, 0.25) is 0 Å². The summed E-state index contributed by atoms with van der Waals surface area (Å²) < 4.78 is 0. The van der Waals surface area contributed by atoms with E-state index in [1.165, 1.54) is 6.92 Å². The lowest BCUT2D eigenvalue weighted by Crippen LogP contribution is -2.54. The molecule has 9 nitrogen and oxygen atoms in total. The topological polar surface area (TPSA) is 165 Å². The molecule has 0 aromatic carbocycles. The molecule has 0 spiro atoms. The molecule has 3 unspecified atom stereocenters. The van der Waals surface area contributed by atoms with E-state index in [4.69, 9.17) is 16.6 Å². The van der Waals surface area contributed by atoms with Crippen LogP contribution in [0.3, 0.4) is 0 Å². The van der Waals surface area contributed by atoms with E-state index in [9.17, 15) is 19.2 Å². The Morgan fingerprint density at radius 1 is 1.00 bits per heavy atom. The Hall–Kier alpha value is -2.16. The van der Waals surface area contributed by atoms with Gasteiger partial charge < -0.3 is 27.2 Å². The zero-order valence-electron chi connectivity index (χ0n) is 13.7. The van der Waals surface area contributed by atoms with Gasteiger partial charge in [0.1, 0.15) is 12.1 Å². The summed E-state index contributed by atoms with van der Waals surface area (Å²) in [7, 11) is 0. The van der Waals surface area contributed by atoms with Gasteiger partial charge in [-0.3, -0.25) is 14.4 Å². The minimum atomic E-state index is -1.17. The Morgan fingerprint density at radius 3 is 1.91 bits per heavy atom. The quantitative estimate of drug-likeness (QED) is 0.334. The average Bonchev–Trinajstić information content (AvgIpc) is 2.41. The third kappa shape index (κ3) is 8.77. The van der Waals surface area contributed by atoms with Gasteiger partial charge in [-0.05, 0) is 25.7 Å². The van der Waals surface area contributed by atoms with Gasteiger partial charge in [0.05, 0.1) is 6.04 Å². The molecule has 7 N–H and O–H groups in total. The minimum Gasteiger partial charge on any atom is -0.480 e. The predicted octanol–water partition coefficient (Wildman–Crippen LogP) is -1.30. The van der Waals surface area contributed by atoms with Crippen molar-refractivity contribution >= 4 is 23.7 Å². The molecule has 0 aliphatic carbocycles. The fourth-order valence-corrected chi connectivity index (χ4v) is 1.82. The molecule has 3 atom stereocenters. The predicted molar refractivity (Wildman–Crippen MR) is 83.0 cm³/mol. The van der Waals surface area contributed by atoms with Gasteiger partial charge in [0.2, 0.25) is 17.7 Å². The van der Waals surface area contributed by atoms with E-state index in [1.807, 2.05) is 13.8 Å². The fourth-order valence-electron chi connectivity index (χ4n) is 1.82. The molecule has 0 aliphatic heterocycles. The number of carbonyl (C=O) groups excluding carboxylic acids is 3. The van der Waals surface area contributed by atoms with Crippen molar-refractivity contribution < 1.29 is 24.3 Å². The number of carboxylic acid groups (broad SMARTS) is 1. The highest BCUT2D eigenvalue weighted by molar-refractivity contribution is 5.92. The molecular weight excluding hydrogens is 304 g/mol. The van der Waals surface area contributed by atoms with Crippen molar-refractivity contribution in [1.82, 2.24) is 10.6 Å². The van der Waals surface area contributed by atoms with E-state index < -0.39 is 41.8 Å². The molecular formula is C14H26N4O5. The number of carbonyl (C=O) groups is 4. The highest BCUT2D eigenvalue weighted by Gasteiger charge is 2.27. The van der Waals surface area contributed by atoms with Gasteiger partial charge >= 0.3 is 5.97 Å². The van der Waals surface area contributed by atoms with Crippen LogP contribution >= 0.6 is 0 Å². The number of nitrogens with two attached hydrogens (primary N) is 2. The van der Waals surface area contributed by atoms with Gasteiger partial charge in [0.25, 0.3) is 0 Å². The van der Waals surface area contributed by atoms with Crippen molar-refractivity contribution in [3.63, 3.8) is 0 Å². The molecule has 9 heteroatoms. The van der Waals surface area contributed by atoms with Crippen LogP contribution in [0.1, 0.15) is 40.0 Å². The number of carboxylic acids is 1. The van der Waals surface area contributed by atoms with Crippen molar-refractivity contribution in [2.24, 2.45) is 17.4 Å². The van der Waals surface area contributed by atoms with E-state index in [0.717, 1.165) is 0 Å². The second-order valence-electron chi connectivity index (χ2n) is 5.88. The molecule has 0 aromatic rings. The first kappa shape index (κ1) is 20.8. The van der Waals surface area contributed by atoms with Crippen LogP contribution in [-0.2, 0) is 19.2 Å². The second kappa shape index (κ2) is 9.78. The smallest absolute Gasteiger partial charge is 0.326 e. The van der Waals surface area contributed by atoms with Crippen LogP contribution in [0.4, 0.5) is 0 Å². The number of nitrogens with one attached hydrogen (secondary N) is 2. The Balaban J connectivity index is 4.97. The van der Waals surface area contributed by atoms with E-state index >= 15 is 0 Å². The maximum Gasteiger partial charge on any atom is 0.326 e. The molecule has 0 bridgehead atoms. The zero-order valence-corrected chi connectivity index (χ0v) is 13.7. The minimum absolute atomic E-state index is 0.0341. The molecule has 0 heterocycles. The van der Waals surface area contributed by atoms with Crippen molar-refractivity contribution in [1.29, 1.82) is 0 Å². The van der Waals surface area contributed by atoms with Crippen LogP contribution in [0.15, 0.2) is 0 Å². The molecule has 3 amide bonds. The van der Waals surface area contributed by atoms with E-state index in [1.54, 1.807) is 0 Å². The molecule has 0 radical (unpaired) electrons. The van der Waals surface area contributed by atoms with E-state index in [2.05, 4.69) is 10.6 Å². The van der Waals surface area contributed by atoms with Gasteiger partial charge in [0.15, 0.2) is 0 Å². The van der Waals surface area contributed by atoms with Crippen LogP contribution in [-0.4, -0.2) is 46.9 Å². The third-order valence-electron chi connectivity index (χ3n) is 3.05. The standard InChI is InChI=1S/C14H26N4O5/c1-7(2)6-10(14(22)23)18-13(21)9(4-5-11(16)19)17-12(20)8(3)15/h7-10H,4-6,15H2,1-3H3,(H2,16,19)(H,17,20)(H,18,21)(H,22,23). The molecule has 0 aliphatic rings. The molecule has 0 fully saturated rings. The average molecular weight is 330 g/mol. The summed E-state index contributed by atoms with van der Waals surface area (Å²) in [5.41, 5.74) is 10.5. The Kier molecular flexibility index (Phi) is 8.86. The van der Waals surface area contributed by atoms with Crippen molar-refractivity contribution in [2.45, 2.75) is 58.2 Å². The lowest BCUT2D eigenvalue weighted by Gasteiger charge is -2.22. The van der Waals surface area contributed by atoms with Crippen LogP contribution in [0.5, 0.6) is 0 Å². The number of aliphatic carboxylic acids is 1. The number of amides is 3. The normalized spacial score (nSPS) is 14.7. The monoisotopic (exact) mass is 330 g/mol. The lowest BCUT2D eigenvalue weighted by molar-refractivity contribution is -0.142. The highest BCUT2D eigenvalue weighted by Crippen LogP contribution is 2.06. The Bertz CT molecular complexity index is 450. The van der Waals surface area contributed by atoms with Crippen molar-refractivity contribution in [3.8, 4) is 0 Å². The van der Waals surface area contributed by atoms with E-state index in [0.29, 0.717) is 0 Å². The van der Waals surface area contributed by atoms with Crippen LogP contribution in [0.25, 0.3) is 0 Å². The Labute approximate surface area is 135 Å². The maximum atomic E-state index is 12.2. The SMILES string of the molecule is CC(C)CC(NC(=O)C(CCC(N)=O)NC(=O)C(C)N)C(=O)O. The van der Waals surface area contributed by atoms with Gasteiger partial charge in [-0.25, -0.2) is 4.79 Å². The molecule has 0 saturated heterocycles. The van der Waals surface area contributed by atoms with Crippen LogP contribution in [0, 0.1) is 5.92 Å². The molecule has 0 rings (SSSR count). The van der Waals surface area contributed by atoms with E-state index in [-0.39, 0.29) is 25.2 Å². The Morgan fingerprint density at radius 2 is 1.52 bits per heavy atom. The highest BCUT2D eigenvalue weighted by atomic mass is 16.4. The van der Waals surface area contributed by atoms with Crippen molar-refractivity contribution in [3.05, 3.63) is 0 Å². The molecule has 0 saturated carbocycles. The van der Waals surface area contributed by atoms with Gasteiger partial charge in [-0.2, -0.15) is 0 Å². The molecule has 23 heavy (non-hydrogen) atoms. The zero-order chi connectivity index (χ0) is 18.2. The number of primary amides is 1. The van der Waals surface area contributed by atoms with Gasteiger partial charge in [-0.15, -0.1) is 0 Å². The summed E-state index contributed by atoms with van der Waals surface area (Å²) in [4.78, 5) is 46.0. The first-order valence-electron chi connectivity index (χ1n) is 7.42. The lowest BCUT2D eigenvalue weighted by atomic mass is 10.0. The summed E-state index contributed by atoms with van der Waals surface area (Å²) in [5.74, 6) is -3.01. The first-order valence-corrected chi connectivity index (χ1v) is 7.42. The summed E-state index contributed by atoms with van der Waals surface area (Å²) >= 11 is 0. The number of hydrogen-bond donors (Lipinski definition) is 5. The second-order valence-corrected chi connectivity index (χ2v) is 5.88. The van der Waals surface area contributed by atoms with Gasteiger partial charge in [-0.1, -0.05) is 13.8 Å². The summed E-state index contributed by atoms with van der Waals surface area (Å²) in [6, 6.07) is -2.99. The largest absolute Gasteiger partial charge is 0.480 e. The third-order valence-corrected chi connectivity index (χ3v) is 3.05. The number of hydrogen-bond acceptors (Lipinski definition) is 5.